The van der Waals surface area contributed by atoms with Crippen LogP contribution in [-0.2, 0) is 0 Å². The topological polar surface area (TPSA) is 93.5 Å². The number of nitrogen functional groups attached to an aromatic ring is 1. The lowest BCUT2D eigenvalue weighted by Gasteiger charge is -2.26. The first-order valence-electron chi connectivity index (χ1n) is 5.54. The van der Waals surface area contributed by atoms with Gasteiger partial charge >= 0.3 is 5.97 Å². The molecule has 2 aromatic rings. The van der Waals surface area contributed by atoms with Crippen molar-refractivity contribution in [2.45, 2.75) is 25.2 Å². The monoisotopic (exact) mass is 232 g/mol. The minimum Gasteiger partial charge on any atom is -0.476 e. The number of carboxylic acid groups (broad SMARTS) is 1. The maximum absolute atomic E-state index is 11.4. The van der Waals surface area contributed by atoms with E-state index in [9.17, 15) is 9.90 Å². The summed E-state index contributed by atoms with van der Waals surface area (Å²) in [5.41, 5.74) is 7.44. The minimum atomic E-state index is -0.984. The van der Waals surface area contributed by atoms with Gasteiger partial charge in [0.15, 0.2) is 11.3 Å². The summed E-state index contributed by atoms with van der Waals surface area (Å²) in [4.78, 5) is 15.6. The van der Waals surface area contributed by atoms with Crippen LogP contribution in [0.4, 0.5) is 5.69 Å². The van der Waals surface area contributed by atoms with E-state index in [0.717, 1.165) is 24.8 Å². The molecule has 2 aromatic heterocycles. The van der Waals surface area contributed by atoms with E-state index in [1.165, 1.54) is 10.7 Å². The van der Waals surface area contributed by atoms with Crippen LogP contribution < -0.4 is 5.73 Å². The fourth-order valence-corrected chi connectivity index (χ4v) is 2.19. The molecular formula is C11H12N4O2. The van der Waals surface area contributed by atoms with Gasteiger partial charge in [0, 0.05) is 11.8 Å². The van der Waals surface area contributed by atoms with Gasteiger partial charge in [-0.3, -0.25) is 0 Å². The molecular weight excluding hydrogens is 220 g/mol. The molecule has 0 aliphatic heterocycles. The number of carboxylic acids is 1. The molecule has 2 heterocycles. The second kappa shape index (κ2) is 3.44. The molecule has 6 heteroatoms. The first kappa shape index (κ1) is 10.1. The minimum absolute atomic E-state index is 0.191. The Hall–Kier alpha value is -2.11. The number of nitrogens with zero attached hydrogens (tertiary/aromatic N) is 3. The van der Waals surface area contributed by atoms with E-state index in [1.54, 1.807) is 6.20 Å². The van der Waals surface area contributed by atoms with Crippen LogP contribution in [0.5, 0.6) is 0 Å². The molecule has 0 spiro atoms. The van der Waals surface area contributed by atoms with Gasteiger partial charge in [-0.1, -0.05) is 6.42 Å². The normalized spacial score (nSPS) is 16.0. The molecule has 0 aromatic carbocycles. The zero-order chi connectivity index (χ0) is 12.0. The molecule has 0 saturated heterocycles. The number of carbonyl (C=O) groups is 1. The van der Waals surface area contributed by atoms with Crippen LogP contribution in [0.1, 0.15) is 41.2 Å². The number of hydrogen-bond acceptors (Lipinski definition) is 4. The summed E-state index contributed by atoms with van der Waals surface area (Å²) in [5.74, 6) is -0.689. The quantitative estimate of drug-likeness (QED) is 0.813. The molecule has 0 amide bonds. The maximum atomic E-state index is 11.4. The van der Waals surface area contributed by atoms with Crippen LogP contribution in [0.25, 0.3) is 5.65 Å². The number of nitrogens with two attached hydrogens (primary N) is 1. The third-order valence-corrected chi connectivity index (χ3v) is 3.33. The molecule has 6 nitrogen and oxygen atoms in total. The summed E-state index contributed by atoms with van der Waals surface area (Å²) < 4.78 is 1.32. The molecule has 0 bridgehead atoms. The summed E-state index contributed by atoms with van der Waals surface area (Å²) >= 11 is 0. The first-order chi connectivity index (χ1) is 8.18. The van der Waals surface area contributed by atoms with E-state index in [0.29, 0.717) is 17.3 Å². The van der Waals surface area contributed by atoms with Crippen molar-refractivity contribution in [3.8, 4) is 0 Å². The second-order valence-corrected chi connectivity index (χ2v) is 4.33. The Labute approximate surface area is 97.1 Å². The van der Waals surface area contributed by atoms with Crippen LogP contribution in [-0.4, -0.2) is 25.7 Å². The van der Waals surface area contributed by atoms with Crippen molar-refractivity contribution >= 4 is 17.3 Å². The van der Waals surface area contributed by atoms with Crippen molar-refractivity contribution < 1.29 is 9.90 Å². The zero-order valence-electron chi connectivity index (χ0n) is 9.13. The van der Waals surface area contributed by atoms with Gasteiger partial charge in [-0.25, -0.2) is 14.3 Å². The largest absolute Gasteiger partial charge is 0.476 e. The van der Waals surface area contributed by atoms with Crippen molar-refractivity contribution in [2.75, 3.05) is 5.73 Å². The Bertz CT molecular complexity index is 601. The van der Waals surface area contributed by atoms with Crippen molar-refractivity contribution in [3.05, 3.63) is 23.7 Å². The van der Waals surface area contributed by atoms with Crippen molar-refractivity contribution in [3.63, 3.8) is 0 Å². The predicted molar refractivity (Wildman–Crippen MR) is 61.0 cm³/mol. The molecule has 1 fully saturated rings. The SMILES string of the molecule is Nc1cnn2c(C(=O)O)c(C3CCC3)cnc12. The summed E-state index contributed by atoms with van der Waals surface area (Å²) in [6.07, 6.45) is 6.23. The highest BCUT2D eigenvalue weighted by Gasteiger charge is 2.27. The number of aromatic nitrogens is 3. The van der Waals surface area contributed by atoms with E-state index >= 15 is 0 Å². The summed E-state index contributed by atoms with van der Waals surface area (Å²) in [6, 6.07) is 0. The second-order valence-electron chi connectivity index (χ2n) is 4.33. The van der Waals surface area contributed by atoms with E-state index < -0.39 is 5.97 Å². The van der Waals surface area contributed by atoms with Crippen LogP contribution in [0.3, 0.4) is 0 Å². The van der Waals surface area contributed by atoms with Gasteiger partial charge in [-0.2, -0.15) is 5.10 Å². The lowest BCUT2D eigenvalue weighted by molar-refractivity contribution is 0.0684. The van der Waals surface area contributed by atoms with Gasteiger partial charge in [0.1, 0.15) is 0 Å². The lowest BCUT2D eigenvalue weighted by atomic mass is 9.80. The maximum Gasteiger partial charge on any atom is 0.354 e. The average molecular weight is 232 g/mol. The highest BCUT2D eigenvalue weighted by atomic mass is 16.4. The van der Waals surface area contributed by atoms with Crippen molar-refractivity contribution in [1.82, 2.24) is 14.6 Å². The van der Waals surface area contributed by atoms with Gasteiger partial charge in [0.2, 0.25) is 0 Å². The fraction of sp³-hybridized carbons (Fsp3) is 0.364. The highest BCUT2D eigenvalue weighted by molar-refractivity contribution is 5.89. The number of rotatable bonds is 2. The Morgan fingerprint density at radius 3 is 2.82 bits per heavy atom. The van der Waals surface area contributed by atoms with Crippen LogP contribution in [0.15, 0.2) is 12.4 Å². The van der Waals surface area contributed by atoms with Gasteiger partial charge < -0.3 is 10.8 Å². The summed E-state index contributed by atoms with van der Waals surface area (Å²) in [6.45, 7) is 0. The molecule has 88 valence electrons. The van der Waals surface area contributed by atoms with Gasteiger partial charge in [0.25, 0.3) is 0 Å². The smallest absolute Gasteiger partial charge is 0.354 e. The number of hydrogen-bond donors (Lipinski definition) is 2. The number of aromatic carboxylic acids is 1. The van der Waals surface area contributed by atoms with Gasteiger partial charge in [-0.05, 0) is 18.8 Å². The zero-order valence-corrected chi connectivity index (χ0v) is 9.13. The molecule has 0 radical (unpaired) electrons. The Morgan fingerprint density at radius 2 is 2.24 bits per heavy atom. The standard InChI is InChI=1S/C11H12N4O2/c12-8-5-14-15-9(11(16)17)7(4-13-10(8)15)6-2-1-3-6/h4-6H,1-3,12H2,(H,16,17). The van der Waals surface area contributed by atoms with Crippen molar-refractivity contribution in [2.24, 2.45) is 0 Å². The highest BCUT2D eigenvalue weighted by Crippen LogP contribution is 2.37. The molecule has 3 N–H and O–H groups in total. The molecule has 17 heavy (non-hydrogen) atoms. The third kappa shape index (κ3) is 1.37. The number of fused-ring (bicyclic) bond motifs is 1. The molecule has 1 aliphatic carbocycles. The fourth-order valence-electron chi connectivity index (χ4n) is 2.19. The van der Waals surface area contributed by atoms with Crippen molar-refractivity contribution in [1.29, 1.82) is 0 Å². The Balaban J connectivity index is 2.28. The average Bonchev–Trinajstić information content (AvgIpc) is 2.57. The van der Waals surface area contributed by atoms with Gasteiger partial charge in [-0.15, -0.1) is 0 Å². The van der Waals surface area contributed by atoms with Crippen LogP contribution >= 0.6 is 0 Å². The van der Waals surface area contributed by atoms with Crippen LogP contribution in [0.2, 0.25) is 0 Å². The third-order valence-electron chi connectivity index (χ3n) is 3.33. The van der Waals surface area contributed by atoms with E-state index in [2.05, 4.69) is 10.1 Å². The molecule has 0 atom stereocenters. The number of anilines is 1. The van der Waals surface area contributed by atoms with E-state index in [1.807, 2.05) is 0 Å². The first-order valence-corrected chi connectivity index (χ1v) is 5.54. The summed E-state index contributed by atoms with van der Waals surface area (Å²) in [7, 11) is 0. The Kier molecular flexibility index (Phi) is 2.04. The molecule has 1 aliphatic rings. The molecule has 1 saturated carbocycles. The predicted octanol–water partition coefficient (Wildman–Crippen LogP) is 1.28. The van der Waals surface area contributed by atoms with E-state index in [-0.39, 0.29) is 5.69 Å². The van der Waals surface area contributed by atoms with Gasteiger partial charge in [0.05, 0.1) is 11.9 Å². The van der Waals surface area contributed by atoms with Crippen LogP contribution in [0, 0.1) is 0 Å². The molecule has 3 rings (SSSR count). The van der Waals surface area contributed by atoms with E-state index in [4.69, 9.17) is 5.73 Å². The summed E-state index contributed by atoms with van der Waals surface area (Å²) in [5, 5.41) is 13.3. The molecule has 0 unspecified atom stereocenters. The Morgan fingerprint density at radius 1 is 1.47 bits per heavy atom. The lowest BCUT2D eigenvalue weighted by Crippen LogP contribution is -2.18.